The number of ether oxygens (including phenoxy) is 1. The molecule has 0 radical (unpaired) electrons. The molecule has 1 aliphatic heterocycles. The first-order valence-corrected chi connectivity index (χ1v) is 18.2. The van der Waals surface area contributed by atoms with E-state index in [1.165, 1.54) is 15.5 Å². The molecule has 5 heterocycles. The number of aliphatic hydroxyl groups is 5. The predicted octanol–water partition coefficient (Wildman–Crippen LogP) is -1.35. The fraction of sp³-hybridized carbons (Fsp3) is 0.370. The molecule has 0 amide bonds. The van der Waals surface area contributed by atoms with Crippen LogP contribution in [0.25, 0.3) is 33.4 Å². The molecule has 24 nitrogen and oxygen atoms in total. The number of aromatic amines is 2. The number of anilines is 1. The summed E-state index contributed by atoms with van der Waals surface area (Å²) in [5.41, 5.74) is 6.10. The molecule has 26 heteroatoms. The first kappa shape index (κ1) is 38.0. The van der Waals surface area contributed by atoms with Gasteiger partial charge in [-0.3, -0.25) is 23.4 Å². The Labute approximate surface area is 294 Å². The zero-order valence-electron chi connectivity index (χ0n) is 27.4. The maximum Gasteiger partial charge on any atom is 0.481 e. The van der Waals surface area contributed by atoms with Crippen molar-refractivity contribution in [2.24, 2.45) is 0 Å². The lowest BCUT2D eigenvalue weighted by Gasteiger charge is -2.20. The number of hydrogen-bond acceptors (Lipinski definition) is 18. The van der Waals surface area contributed by atoms with Crippen molar-refractivity contribution in [1.29, 1.82) is 0 Å². The SMILES string of the molecule is Cc1cc2nc3c(=O)[nH]c(=O)[nH]c3[n+](C/C(O)=C(\O)[C@H](O)COP(=O)(O)OP(=O)(O)OC[C@H]3O[C@@H](n4cnc5c(N)ncnc54)[C@H](O)[C@@H]3O)c2cc1C. The van der Waals surface area contributed by atoms with E-state index in [1.807, 2.05) is 4.98 Å². The fourth-order valence-electron chi connectivity index (χ4n) is 5.43. The van der Waals surface area contributed by atoms with E-state index in [4.69, 9.17) is 15.0 Å². The second-order valence-corrected chi connectivity index (χ2v) is 14.9. The number of H-pyrrole nitrogens is 2. The number of nitrogens with one attached hydrogen (secondary N) is 2. The van der Waals surface area contributed by atoms with Crippen molar-refractivity contribution in [1.82, 2.24) is 34.5 Å². The number of nitrogens with zero attached hydrogens (tertiary/aromatic N) is 6. The van der Waals surface area contributed by atoms with Crippen LogP contribution < -0.4 is 21.5 Å². The molecule has 6 rings (SSSR count). The number of allylic oxidation sites excluding steroid dienone is 1. The van der Waals surface area contributed by atoms with Crippen molar-refractivity contribution in [2.45, 2.75) is 51.0 Å². The molecule has 2 unspecified atom stereocenters. The summed E-state index contributed by atoms with van der Waals surface area (Å²) in [4.78, 5) is 65.3. The lowest BCUT2D eigenvalue weighted by atomic mass is 10.1. The molecule has 0 saturated carbocycles. The Morgan fingerprint density at radius 3 is 2.47 bits per heavy atom. The maximum absolute atomic E-state index is 12.5. The van der Waals surface area contributed by atoms with Crippen molar-refractivity contribution in [3.8, 4) is 0 Å². The van der Waals surface area contributed by atoms with Crippen LogP contribution in [0.5, 0.6) is 0 Å². The number of benzene rings is 1. The normalized spacial score (nSPS) is 22.5. The Hall–Kier alpha value is -4.71. The van der Waals surface area contributed by atoms with Gasteiger partial charge in [0.15, 0.2) is 41.3 Å². The highest BCUT2D eigenvalue weighted by molar-refractivity contribution is 7.61. The van der Waals surface area contributed by atoms with Gasteiger partial charge in [-0.1, -0.05) is 0 Å². The molecule has 11 N–H and O–H groups in total. The monoisotopic (exact) mass is 784 g/mol. The number of aromatic nitrogens is 8. The van der Waals surface area contributed by atoms with Crippen LogP contribution in [0.15, 0.2) is 45.9 Å². The van der Waals surface area contributed by atoms with E-state index < -0.39 is 88.8 Å². The predicted molar refractivity (Wildman–Crippen MR) is 177 cm³/mol. The Morgan fingerprint density at radius 2 is 1.74 bits per heavy atom. The summed E-state index contributed by atoms with van der Waals surface area (Å²) in [6.45, 7) is 0.648. The number of phosphoric acid groups is 2. The Balaban J connectivity index is 1.11. The highest BCUT2D eigenvalue weighted by Crippen LogP contribution is 2.60. The number of imidazole rings is 1. The lowest BCUT2D eigenvalue weighted by molar-refractivity contribution is -0.642. The third-order valence-electron chi connectivity index (χ3n) is 8.20. The molecular weight excluding hydrogens is 752 g/mol. The van der Waals surface area contributed by atoms with Gasteiger partial charge >= 0.3 is 27.0 Å². The quantitative estimate of drug-likeness (QED) is 0.0302. The van der Waals surface area contributed by atoms with Crippen LogP contribution in [0.2, 0.25) is 0 Å². The van der Waals surface area contributed by atoms with Gasteiger partial charge in [0.25, 0.3) is 5.56 Å². The van der Waals surface area contributed by atoms with E-state index >= 15 is 0 Å². The van der Waals surface area contributed by atoms with E-state index in [0.29, 0.717) is 5.52 Å². The van der Waals surface area contributed by atoms with Crippen molar-refractivity contribution in [3.05, 3.63) is 68.3 Å². The minimum atomic E-state index is -5.56. The summed E-state index contributed by atoms with van der Waals surface area (Å²) in [5, 5.41) is 52.8. The molecule has 1 fully saturated rings. The van der Waals surface area contributed by atoms with Crippen LogP contribution >= 0.6 is 15.6 Å². The highest BCUT2D eigenvalue weighted by atomic mass is 31.3. The van der Waals surface area contributed by atoms with E-state index in [1.54, 1.807) is 26.0 Å². The van der Waals surface area contributed by atoms with Crippen molar-refractivity contribution >= 4 is 54.8 Å². The molecule has 0 bridgehead atoms. The van der Waals surface area contributed by atoms with E-state index in [9.17, 15) is 54.0 Å². The van der Waals surface area contributed by atoms with Crippen molar-refractivity contribution in [3.63, 3.8) is 0 Å². The average molecular weight is 785 g/mol. The molecule has 1 aromatic carbocycles. The van der Waals surface area contributed by atoms with Gasteiger partial charge in [0.1, 0.15) is 41.8 Å². The number of fused-ring (bicyclic) bond motifs is 3. The van der Waals surface area contributed by atoms with E-state index in [-0.39, 0.29) is 33.7 Å². The molecule has 0 spiro atoms. The molecule has 4 aromatic heterocycles. The smallest absolute Gasteiger partial charge is 0.481 e. The fourth-order valence-corrected chi connectivity index (χ4v) is 7.51. The Bertz CT molecular complexity index is 2490. The van der Waals surface area contributed by atoms with Gasteiger partial charge < -0.3 is 45.8 Å². The molecule has 0 aliphatic carbocycles. The minimum absolute atomic E-state index is 0.0280. The second kappa shape index (κ2) is 14.3. The summed E-state index contributed by atoms with van der Waals surface area (Å²) in [7, 11) is -11.0. The third kappa shape index (κ3) is 7.69. The molecule has 7 atom stereocenters. The first-order chi connectivity index (χ1) is 24.9. The molecule has 1 saturated heterocycles. The van der Waals surface area contributed by atoms with Gasteiger partial charge in [-0.2, -0.15) is 9.29 Å². The number of aryl methyl sites for hydroxylation is 2. The van der Waals surface area contributed by atoms with Crippen LogP contribution in [0.4, 0.5) is 5.82 Å². The third-order valence-corrected chi connectivity index (χ3v) is 10.8. The maximum atomic E-state index is 12.5. The molecule has 284 valence electrons. The van der Waals surface area contributed by atoms with E-state index in [2.05, 4.69) is 33.8 Å². The highest BCUT2D eigenvalue weighted by Gasteiger charge is 2.46. The minimum Gasteiger partial charge on any atom is -0.506 e. The number of rotatable bonds is 12. The Morgan fingerprint density at radius 1 is 1.04 bits per heavy atom. The summed E-state index contributed by atoms with van der Waals surface area (Å²) in [6, 6.07) is 3.29. The lowest BCUT2D eigenvalue weighted by Crippen LogP contribution is -2.42. The standard InChI is InChI=1S/C27H31N9O15P2/c1-10-3-12-13(4-11(10)2)35(24-18(32-12)25(42)34-27(43)33-24)5-14(37)19(39)15(38)6-48-52(44,45)51-53(46,47)49-7-16-20(40)21(41)26(50-16)36-9-31-17-22(28)29-8-30-23(17)36/h3-4,8-9,15-16,20-21,26,38,40-41H,5-7H2,1-2H3,(H7,28,29,30,32,33,34,37,39,42,43,44,45,46,47)/p+1/t15-,16-,20-,21-,26-/m1/s1. The van der Waals surface area contributed by atoms with Gasteiger partial charge in [-0.05, 0) is 37.1 Å². The van der Waals surface area contributed by atoms with Crippen LogP contribution in [0.1, 0.15) is 17.4 Å². The van der Waals surface area contributed by atoms with Crippen molar-refractivity contribution < 1.29 is 67.1 Å². The first-order valence-electron chi connectivity index (χ1n) is 15.2. The molecular formula is C27H32N9O15P2+. The van der Waals surface area contributed by atoms with Gasteiger partial charge in [0.2, 0.25) is 5.52 Å². The molecule has 53 heavy (non-hydrogen) atoms. The zero-order chi connectivity index (χ0) is 38.6. The number of nitrogen functional groups attached to an aromatic ring is 1. The molecule has 1 aliphatic rings. The zero-order valence-corrected chi connectivity index (χ0v) is 29.2. The van der Waals surface area contributed by atoms with Gasteiger partial charge in [0, 0.05) is 0 Å². The number of aliphatic hydroxyl groups excluding tert-OH is 5. The summed E-state index contributed by atoms with van der Waals surface area (Å²) in [6.07, 6.45) is -6.05. The largest absolute Gasteiger partial charge is 0.506 e. The Kier molecular flexibility index (Phi) is 10.2. The summed E-state index contributed by atoms with van der Waals surface area (Å²) < 4.78 is 46.5. The van der Waals surface area contributed by atoms with Crippen LogP contribution in [0, 0.1) is 13.8 Å². The van der Waals surface area contributed by atoms with Gasteiger partial charge in [-0.15, -0.1) is 0 Å². The second-order valence-electron chi connectivity index (χ2n) is 11.8. The van der Waals surface area contributed by atoms with Crippen LogP contribution in [0.3, 0.4) is 0 Å². The summed E-state index contributed by atoms with van der Waals surface area (Å²) in [5.74, 6) is -2.10. The van der Waals surface area contributed by atoms with Gasteiger partial charge in [0.05, 0.1) is 19.5 Å². The molecule has 5 aromatic rings. The van der Waals surface area contributed by atoms with Crippen molar-refractivity contribution in [2.75, 3.05) is 18.9 Å². The van der Waals surface area contributed by atoms with Gasteiger partial charge in [-0.25, -0.2) is 38.4 Å². The van der Waals surface area contributed by atoms with E-state index in [0.717, 1.165) is 17.5 Å². The average Bonchev–Trinajstić information content (AvgIpc) is 3.63. The number of hydrogen-bond donors (Lipinski definition) is 10. The van der Waals surface area contributed by atoms with Crippen LogP contribution in [-0.4, -0.2) is 107 Å². The topological polar surface area (TPSA) is 365 Å². The summed E-state index contributed by atoms with van der Waals surface area (Å²) >= 11 is 0. The van der Waals surface area contributed by atoms with Crippen LogP contribution in [-0.2, 0) is 33.8 Å². The number of nitrogens with two attached hydrogens (primary N) is 1. The number of phosphoric ester groups is 2.